The maximum absolute atomic E-state index is 13.1. The second-order valence-corrected chi connectivity index (χ2v) is 8.36. The number of imide groups is 1. The minimum absolute atomic E-state index is 0.147. The van der Waals surface area contributed by atoms with Gasteiger partial charge < -0.3 is 14.7 Å². The third-order valence-electron chi connectivity index (χ3n) is 6.34. The van der Waals surface area contributed by atoms with Crippen LogP contribution in [0.5, 0.6) is 0 Å². The number of amides is 4. The standard InChI is InChI=1S/C23H22FN5O4/c24-16-4-1-14(2-5-16)22(32)28-11-9-27(10-12-28)18-7-3-15-13-29(23(33)20(15)25-18)17-6-8-19(30)26-21(17)31/h1-5,7,17H,6,8-13H2,(H,26,30,31). The van der Waals surface area contributed by atoms with Gasteiger partial charge in [-0.15, -0.1) is 0 Å². The normalized spacial score (nSPS) is 20.7. The Hall–Kier alpha value is -3.82. The first-order valence-corrected chi connectivity index (χ1v) is 10.8. The maximum atomic E-state index is 13.1. The first-order valence-electron chi connectivity index (χ1n) is 10.8. The summed E-state index contributed by atoms with van der Waals surface area (Å²) in [4.78, 5) is 59.0. The van der Waals surface area contributed by atoms with Crippen LogP contribution in [0.3, 0.4) is 0 Å². The Bertz CT molecular complexity index is 1140. The summed E-state index contributed by atoms with van der Waals surface area (Å²) in [6.45, 7) is 2.33. The summed E-state index contributed by atoms with van der Waals surface area (Å²) in [5.41, 5.74) is 1.51. The minimum atomic E-state index is -0.672. The van der Waals surface area contributed by atoms with E-state index in [1.165, 1.54) is 29.2 Å². The lowest BCUT2D eigenvalue weighted by Crippen LogP contribution is -2.52. The van der Waals surface area contributed by atoms with Crippen LogP contribution in [-0.4, -0.2) is 70.6 Å². The number of nitrogens with one attached hydrogen (secondary N) is 1. The molecule has 0 radical (unpaired) electrons. The molecule has 0 spiro atoms. The molecule has 4 amide bonds. The topological polar surface area (TPSA) is 103 Å². The number of piperazine rings is 1. The predicted octanol–water partition coefficient (Wildman–Crippen LogP) is 0.944. The summed E-state index contributed by atoms with van der Waals surface area (Å²) in [5, 5.41) is 2.29. The van der Waals surface area contributed by atoms with Gasteiger partial charge in [0.05, 0.1) is 0 Å². The van der Waals surface area contributed by atoms with E-state index in [9.17, 15) is 23.6 Å². The summed E-state index contributed by atoms with van der Waals surface area (Å²) >= 11 is 0. The van der Waals surface area contributed by atoms with Crippen LogP contribution >= 0.6 is 0 Å². The summed E-state index contributed by atoms with van der Waals surface area (Å²) in [6.07, 6.45) is 0.511. The van der Waals surface area contributed by atoms with Crippen molar-refractivity contribution in [3.05, 3.63) is 59.0 Å². The van der Waals surface area contributed by atoms with Crippen LogP contribution in [-0.2, 0) is 16.1 Å². The lowest BCUT2D eigenvalue weighted by atomic mass is 10.0. The second kappa shape index (κ2) is 8.27. The highest BCUT2D eigenvalue weighted by Crippen LogP contribution is 2.28. The number of fused-ring (bicyclic) bond motifs is 1. The molecular weight excluding hydrogens is 429 g/mol. The van der Waals surface area contributed by atoms with Crippen LogP contribution < -0.4 is 10.2 Å². The number of benzene rings is 1. The molecule has 33 heavy (non-hydrogen) atoms. The number of rotatable bonds is 3. The van der Waals surface area contributed by atoms with Crippen LogP contribution in [0.4, 0.5) is 10.2 Å². The minimum Gasteiger partial charge on any atom is -0.353 e. The molecule has 10 heteroatoms. The lowest BCUT2D eigenvalue weighted by molar-refractivity contribution is -0.136. The Morgan fingerprint density at radius 2 is 1.73 bits per heavy atom. The maximum Gasteiger partial charge on any atom is 0.273 e. The smallest absolute Gasteiger partial charge is 0.273 e. The van der Waals surface area contributed by atoms with Crippen molar-refractivity contribution in [3.8, 4) is 0 Å². The SMILES string of the molecule is O=C1CCC(N2Cc3ccc(N4CCN(C(=O)c5ccc(F)cc5)CC4)nc3C2=O)C(=O)N1. The van der Waals surface area contributed by atoms with Crippen LogP contribution in [0.15, 0.2) is 36.4 Å². The molecule has 0 bridgehead atoms. The second-order valence-electron chi connectivity index (χ2n) is 8.36. The Morgan fingerprint density at radius 1 is 1.00 bits per heavy atom. The Kier molecular flexibility index (Phi) is 5.27. The lowest BCUT2D eigenvalue weighted by Gasteiger charge is -2.35. The molecule has 2 saturated heterocycles. The van der Waals surface area contributed by atoms with E-state index in [4.69, 9.17) is 0 Å². The molecule has 1 aromatic carbocycles. The van der Waals surface area contributed by atoms with E-state index in [2.05, 4.69) is 10.3 Å². The van der Waals surface area contributed by atoms with Gasteiger partial charge in [0.1, 0.15) is 23.4 Å². The fourth-order valence-corrected chi connectivity index (χ4v) is 4.50. The summed E-state index contributed by atoms with van der Waals surface area (Å²) in [7, 11) is 0. The number of carbonyl (C=O) groups is 4. The van der Waals surface area contributed by atoms with Crippen LogP contribution in [0.25, 0.3) is 0 Å². The van der Waals surface area contributed by atoms with E-state index in [1.807, 2.05) is 17.0 Å². The molecule has 0 saturated carbocycles. The van der Waals surface area contributed by atoms with Gasteiger partial charge in [-0.05, 0) is 36.8 Å². The number of anilines is 1. The van der Waals surface area contributed by atoms with E-state index in [1.54, 1.807) is 4.90 Å². The largest absolute Gasteiger partial charge is 0.353 e. The van der Waals surface area contributed by atoms with E-state index >= 15 is 0 Å². The molecule has 3 aliphatic heterocycles. The number of carbonyl (C=O) groups excluding carboxylic acids is 4. The molecule has 3 aliphatic rings. The predicted molar refractivity (Wildman–Crippen MR) is 115 cm³/mol. The zero-order valence-electron chi connectivity index (χ0n) is 17.8. The van der Waals surface area contributed by atoms with E-state index in [0.29, 0.717) is 49.7 Å². The molecule has 9 nitrogen and oxygen atoms in total. The summed E-state index contributed by atoms with van der Waals surface area (Å²) < 4.78 is 13.1. The molecule has 170 valence electrons. The van der Waals surface area contributed by atoms with Crippen molar-refractivity contribution in [1.29, 1.82) is 0 Å². The third-order valence-corrected chi connectivity index (χ3v) is 6.34. The van der Waals surface area contributed by atoms with Crippen LogP contribution in [0.1, 0.15) is 39.3 Å². The number of aromatic nitrogens is 1. The molecule has 2 aromatic rings. The number of hydrogen-bond acceptors (Lipinski definition) is 6. The highest BCUT2D eigenvalue weighted by Gasteiger charge is 2.40. The Morgan fingerprint density at radius 3 is 2.42 bits per heavy atom. The molecule has 0 aliphatic carbocycles. The fourth-order valence-electron chi connectivity index (χ4n) is 4.50. The van der Waals surface area contributed by atoms with E-state index in [0.717, 1.165) is 5.56 Å². The van der Waals surface area contributed by atoms with Gasteiger partial charge in [-0.3, -0.25) is 24.5 Å². The number of hydrogen-bond donors (Lipinski definition) is 1. The molecule has 1 aromatic heterocycles. The first-order chi connectivity index (χ1) is 15.9. The van der Waals surface area contributed by atoms with Crippen molar-refractivity contribution < 1.29 is 23.6 Å². The quantitative estimate of drug-likeness (QED) is 0.697. The van der Waals surface area contributed by atoms with Gasteiger partial charge in [0.15, 0.2) is 0 Å². The Labute approximate surface area is 189 Å². The molecule has 2 fully saturated rings. The van der Waals surface area contributed by atoms with Gasteiger partial charge in [-0.2, -0.15) is 0 Å². The van der Waals surface area contributed by atoms with Crippen LogP contribution in [0.2, 0.25) is 0 Å². The zero-order valence-corrected chi connectivity index (χ0v) is 17.8. The number of piperidine rings is 1. The first kappa shape index (κ1) is 21.0. The molecule has 1 unspecified atom stereocenters. The van der Waals surface area contributed by atoms with Gasteiger partial charge in [0.2, 0.25) is 11.8 Å². The average Bonchev–Trinajstić information content (AvgIpc) is 3.15. The number of pyridine rings is 1. The number of nitrogens with zero attached hydrogens (tertiary/aromatic N) is 4. The van der Waals surface area contributed by atoms with Crippen molar-refractivity contribution in [3.63, 3.8) is 0 Å². The molecular formula is C23H22FN5O4. The van der Waals surface area contributed by atoms with Gasteiger partial charge in [0, 0.05) is 50.3 Å². The van der Waals surface area contributed by atoms with Crippen molar-refractivity contribution in [1.82, 2.24) is 20.1 Å². The summed E-state index contributed by atoms with van der Waals surface area (Å²) in [6, 6.07) is 8.52. The van der Waals surface area contributed by atoms with Gasteiger partial charge in [0.25, 0.3) is 11.8 Å². The van der Waals surface area contributed by atoms with Crippen molar-refractivity contribution in [2.75, 3.05) is 31.1 Å². The fraction of sp³-hybridized carbons (Fsp3) is 0.348. The van der Waals surface area contributed by atoms with E-state index < -0.39 is 11.9 Å². The molecule has 4 heterocycles. The molecule has 5 rings (SSSR count). The third kappa shape index (κ3) is 3.92. The molecule has 1 N–H and O–H groups in total. The van der Waals surface area contributed by atoms with Gasteiger partial charge in [-0.1, -0.05) is 6.07 Å². The summed E-state index contributed by atoms with van der Waals surface area (Å²) in [5.74, 6) is -0.976. The average molecular weight is 451 g/mol. The van der Waals surface area contributed by atoms with Crippen molar-refractivity contribution in [2.24, 2.45) is 0 Å². The monoisotopic (exact) mass is 451 g/mol. The highest BCUT2D eigenvalue weighted by molar-refractivity contribution is 6.04. The number of halogens is 1. The van der Waals surface area contributed by atoms with Crippen molar-refractivity contribution >= 4 is 29.4 Å². The van der Waals surface area contributed by atoms with Crippen LogP contribution in [0, 0.1) is 5.82 Å². The zero-order chi connectivity index (χ0) is 23.1. The molecule has 1 atom stereocenters. The van der Waals surface area contributed by atoms with Crippen molar-refractivity contribution in [2.45, 2.75) is 25.4 Å². The van der Waals surface area contributed by atoms with E-state index in [-0.39, 0.29) is 36.5 Å². The highest BCUT2D eigenvalue weighted by atomic mass is 19.1. The van der Waals surface area contributed by atoms with Gasteiger partial charge >= 0.3 is 0 Å². The van der Waals surface area contributed by atoms with Gasteiger partial charge in [-0.25, -0.2) is 9.37 Å². The Balaban J connectivity index is 1.25.